The molecule has 1 aliphatic carbocycles. The average molecular weight is 458 g/mol. The fourth-order valence-electron chi connectivity index (χ4n) is 4.31. The zero-order valence-corrected chi connectivity index (χ0v) is 19.6. The molecule has 2 aromatic rings. The molecule has 0 radical (unpaired) electrons. The van der Waals surface area contributed by atoms with E-state index in [9.17, 15) is 14.0 Å². The molecule has 9 heteroatoms. The maximum atomic E-state index is 13.3. The van der Waals surface area contributed by atoms with Gasteiger partial charge in [-0.2, -0.15) is 5.10 Å². The number of ether oxygens (including phenoxy) is 1. The van der Waals surface area contributed by atoms with E-state index in [0.29, 0.717) is 31.9 Å². The summed E-state index contributed by atoms with van der Waals surface area (Å²) in [4.78, 5) is 29.0. The minimum Gasteiger partial charge on any atom is -0.444 e. The molecule has 178 valence electrons. The van der Waals surface area contributed by atoms with E-state index in [1.807, 2.05) is 20.8 Å². The van der Waals surface area contributed by atoms with Crippen LogP contribution in [0.1, 0.15) is 48.9 Å². The van der Waals surface area contributed by atoms with Gasteiger partial charge in [-0.3, -0.25) is 9.69 Å². The zero-order valence-electron chi connectivity index (χ0n) is 19.6. The van der Waals surface area contributed by atoms with Crippen molar-refractivity contribution in [3.8, 4) is 5.69 Å². The highest BCUT2D eigenvalue weighted by Crippen LogP contribution is 2.28. The van der Waals surface area contributed by atoms with Crippen molar-refractivity contribution in [1.29, 1.82) is 0 Å². The van der Waals surface area contributed by atoms with Gasteiger partial charge in [0.25, 0.3) is 5.91 Å². The van der Waals surface area contributed by atoms with Crippen molar-refractivity contribution in [3.05, 3.63) is 47.0 Å². The van der Waals surface area contributed by atoms with Gasteiger partial charge in [0, 0.05) is 50.5 Å². The predicted octanol–water partition coefficient (Wildman–Crippen LogP) is 2.78. The van der Waals surface area contributed by atoms with E-state index in [2.05, 4.69) is 15.3 Å². The van der Waals surface area contributed by atoms with Crippen LogP contribution in [0.3, 0.4) is 0 Å². The van der Waals surface area contributed by atoms with Crippen molar-refractivity contribution >= 4 is 12.0 Å². The highest BCUT2D eigenvalue weighted by atomic mass is 19.1. The molecule has 1 aromatic heterocycles. The number of benzene rings is 1. The van der Waals surface area contributed by atoms with Gasteiger partial charge in [-0.15, -0.1) is 0 Å². The summed E-state index contributed by atoms with van der Waals surface area (Å²) >= 11 is 0. The lowest BCUT2D eigenvalue weighted by atomic mass is 10.2. The number of rotatable bonds is 5. The third-order valence-corrected chi connectivity index (χ3v) is 5.95. The van der Waals surface area contributed by atoms with Crippen LogP contribution in [0.25, 0.3) is 5.69 Å². The van der Waals surface area contributed by atoms with Gasteiger partial charge in [0.15, 0.2) is 5.69 Å². The van der Waals surface area contributed by atoms with Crippen molar-refractivity contribution in [3.63, 3.8) is 0 Å². The molecule has 1 aliphatic heterocycles. The molecule has 1 fully saturated rings. The minimum absolute atomic E-state index is 0.179. The predicted molar refractivity (Wildman–Crippen MR) is 122 cm³/mol. The molecule has 2 heterocycles. The van der Waals surface area contributed by atoms with Crippen LogP contribution in [0.15, 0.2) is 24.3 Å². The number of fused-ring (bicyclic) bond motifs is 1. The summed E-state index contributed by atoms with van der Waals surface area (Å²) in [6.45, 7) is 9.49. The van der Waals surface area contributed by atoms with Crippen LogP contribution in [-0.2, 0) is 17.6 Å². The molecule has 0 bridgehead atoms. The Hall–Kier alpha value is -2.94. The molecule has 1 N–H and O–H groups in total. The van der Waals surface area contributed by atoms with Crippen molar-refractivity contribution in [2.24, 2.45) is 0 Å². The van der Waals surface area contributed by atoms with E-state index in [4.69, 9.17) is 4.74 Å². The molecule has 0 atom stereocenters. The maximum Gasteiger partial charge on any atom is 0.410 e. The third-order valence-electron chi connectivity index (χ3n) is 5.95. The SMILES string of the molecule is CC(C)(C)OC(=O)N1CCN(CCNC(=O)c2nn(-c3ccc(F)cc3)c3c2CCC3)CC1. The molecule has 1 aromatic carbocycles. The van der Waals surface area contributed by atoms with E-state index in [-0.39, 0.29) is 17.8 Å². The number of hydrogen-bond donors (Lipinski definition) is 1. The number of carbonyl (C=O) groups excluding carboxylic acids is 2. The quantitative estimate of drug-likeness (QED) is 0.747. The molecule has 4 rings (SSSR count). The first-order valence-electron chi connectivity index (χ1n) is 11.6. The highest BCUT2D eigenvalue weighted by Gasteiger charge is 2.28. The second-order valence-electron chi connectivity index (χ2n) is 9.58. The molecule has 0 spiro atoms. The summed E-state index contributed by atoms with van der Waals surface area (Å²) in [6, 6.07) is 6.17. The lowest BCUT2D eigenvalue weighted by molar-refractivity contribution is 0.0147. The first-order valence-corrected chi connectivity index (χ1v) is 11.6. The Morgan fingerprint density at radius 2 is 1.79 bits per heavy atom. The highest BCUT2D eigenvalue weighted by molar-refractivity contribution is 5.94. The molecule has 33 heavy (non-hydrogen) atoms. The normalized spacial score (nSPS) is 16.5. The molecule has 1 saturated heterocycles. The van der Waals surface area contributed by atoms with Crippen molar-refractivity contribution in [2.75, 3.05) is 39.3 Å². The van der Waals surface area contributed by atoms with Gasteiger partial charge in [-0.1, -0.05) is 0 Å². The molecule has 2 aliphatic rings. The Balaban J connectivity index is 1.29. The molecule has 0 saturated carbocycles. The van der Waals surface area contributed by atoms with Crippen LogP contribution in [0.2, 0.25) is 0 Å². The third kappa shape index (κ3) is 5.52. The fourth-order valence-corrected chi connectivity index (χ4v) is 4.31. The van der Waals surface area contributed by atoms with Crippen LogP contribution >= 0.6 is 0 Å². The lowest BCUT2D eigenvalue weighted by Crippen LogP contribution is -2.51. The van der Waals surface area contributed by atoms with Crippen LogP contribution in [-0.4, -0.2) is 76.5 Å². The van der Waals surface area contributed by atoms with Crippen LogP contribution in [0.5, 0.6) is 0 Å². The number of aromatic nitrogens is 2. The number of nitrogens with zero attached hydrogens (tertiary/aromatic N) is 4. The zero-order chi connectivity index (χ0) is 23.6. The number of carbonyl (C=O) groups is 2. The number of hydrogen-bond acceptors (Lipinski definition) is 5. The van der Waals surface area contributed by atoms with Crippen LogP contribution in [0.4, 0.5) is 9.18 Å². The molecular formula is C24H32FN5O3. The monoisotopic (exact) mass is 457 g/mol. The first kappa shape index (κ1) is 23.2. The standard InChI is InChI=1S/C24H32FN5O3/c1-24(2,3)33-23(32)29-15-13-28(14-16-29)12-11-26-22(31)21-19-5-4-6-20(19)30(27-21)18-9-7-17(25)8-10-18/h7-10H,4-6,11-16H2,1-3H3,(H,26,31). The Morgan fingerprint density at radius 3 is 2.45 bits per heavy atom. The van der Waals surface area contributed by atoms with Gasteiger partial charge in [0.05, 0.1) is 5.69 Å². The van der Waals surface area contributed by atoms with Crippen molar-refractivity contribution in [1.82, 2.24) is 24.9 Å². The van der Waals surface area contributed by atoms with Gasteiger partial charge in [0.1, 0.15) is 11.4 Å². The summed E-state index contributed by atoms with van der Waals surface area (Å²) in [5.74, 6) is -0.478. The second kappa shape index (κ2) is 9.51. The summed E-state index contributed by atoms with van der Waals surface area (Å²) in [7, 11) is 0. The maximum absolute atomic E-state index is 13.3. The summed E-state index contributed by atoms with van der Waals surface area (Å²) in [6.07, 6.45) is 2.39. The Kier molecular flexibility index (Phi) is 6.69. The van der Waals surface area contributed by atoms with Crippen LogP contribution < -0.4 is 5.32 Å². The number of nitrogens with one attached hydrogen (secondary N) is 1. The van der Waals surface area contributed by atoms with E-state index in [0.717, 1.165) is 49.3 Å². The van der Waals surface area contributed by atoms with Crippen molar-refractivity contribution in [2.45, 2.75) is 45.6 Å². The molecular weight excluding hydrogens is 425 g/mol. The van der Waals surface area contributed by atoms with E-state index < -0.39 is 5.60 Å². The molecule has 8 nitrogen and oxygen atoms in total. The van der Waals surface area contributed by atoms with Gasteiger partial charge in [0.2, 0.25) is 0 Å². The van der Waals surface area contributed by atoms with E-state index in [1.54, 1.807) is 21.7 Å². The number of halogens is 1. The molecule has 0 unspecified atom stereocenters. The summed E-state index contributed by atoms with van der Waals surface area (Å²) in [5, 5.41) is 7.56. The van der Waals surface area contributed by atoms with Gasteiger partial charge in [-0.05, 0) is 64.3 Å². The fraction of sp³-hybridized carbons (Fsp3) is 0.542. The number of amides is 2. The summed E-state index contributed by atoms with van der Waals surface area (Å²) < 4.78 is 20.5. The van der Waals surface area contributed by atoms with Gasteiger partial charge < -0.3 is 15.0 Å². The lowest BCUT2D eigenvalue weighted by Gasteiger charge is -2.35. The van der Waals surface area contributed by atoms with Gasteiger partial charge >= 0.3 is 6.09 Å². The van der Waals surface area contributed by atoms with E-state index >= 15 is 0 Å². The average Bonchev–Trinajstić information content (AvgIpc) is 3.36. The topological polar surface area (TPSA) is 79.7 Å². The van der Waals surface area contributed by atoms with Crippen molar-refractivity contribution < 1.29 is 18.7 Å². The van der Waals surface area contributed by atoms with E-state index in [1.165, 1.54) is 12.1 Å². The minimum atomic E-state index is -0.498. The van der Waals surface area contributed by atoms with Gasteiger partial charge in [-0.25, -0.2) is 13.9 Å². The Morgan fingerprint density at radius 1 is 1.09 bits per heavy atom. The Labute approximate surface area is 193 Å². The second-order valence-corrected chi connectivity index (χ2v) is 9.58. The number of piperazine rings is 1. The molecule has 2 amide bonds. The Bertz CT molecular complexity index is 1000. The first-order chi connectivity index (χ1) is 15.7. The van der Waals surface area contributed by atoms with Crippen LogP contribution in [0, 0.1) is 5.82 Å². The summed E-state index contributed by atoms with van der Waals surface area (Å²) in [5.41, 5.74) is 2.74. The largest absolute Gasteiger partial charge is 0.444 e. The smallest absolute Gasteiger partial charge is 0.410 e.